The molecule has 1 amide bonds. The summed E-state index contributed by atoms with van der Waals surface area (Å²) in [5.74, 6) is -0.0866. The Bertz CT molecular complexity index is 823. The third-order valence-corrected chi connectivity index (χ3v) is 4.30. The lowest BCUT2D eigenvalue weighted by molar-refractivity contribution is 0.102. The number of aromatic nitrogens is 4. The summed E-state index contributed by atoms with van der Waals surface area (Å²) in [5, 5.41) is 14.1. The number of nitrogens with zero attached hydrogens (tertiary/aromatic N) is 4. The number of thiophene rings is 1. The number of amides is 1. The van der Waals surface area contributed by atoms with Crippen LogP contribution in [0.1, 0.15) is 25.7 Å². The van der Waals surface area contributed by atoms with Crippen LogP contribution < -0.4 is 5.32 Å². The molecule has 3 rings (SSSR count). The maximum absolute atomic E-state index is 12.3. The third-order valence-electron chi connectivity index (χ3n) is 3.34. The zero-order valence-electron chi connectivity index (χ0n) is 12.5. The van der Waals surface area contributed by atoms with E-state index in [2.05, 4.69) is 20.8 Å². The Balaban J connectivity index is 1.83. The van der Waals surface area contributed by atoms with Gasteiger partial charge in [-0.15, -0.1) is 16.4 Å². The Kier molecular flexibility index (Phi) is 3.72. The molecule has 0 aliphatic rings. The molecular formula is C15H15N5OS. The van der Waals surface area contributed by atoms with Crippen molar-refractivity contribution in [1.29, 1.82) is 0 Å². The Hall–Kier alpha value is -2.54. The fourth-order valence-corrected chi connectivity index (χ4v) is 3.24. The lowest BCUT2D eigenvalue weighted by Gasteiger charge is -2.09. The van der Waals surface area contributed by atoms with Gasteiger partial charge in [-0.1, -0.05) is 0 Å². The first-order valence-electron chi connectivity index (χ1n) is 6.77. The zero-order chi connectivity index (χ0) is 15.7. The van der Waals surface area contributed by atoms with E-state index in [0.29, 0.717) is 0 Å². The van der Waals surface area contributed by atoms with Crippen molar-refractivity contribution in [1.82, 2.24) is 20.2 Å². The Labute approximate surface area is 131 Å². The predicted octanol–water partition coefficient (Wildman–Crippen LogP) is 2.90. The summed E-state index contributed by atoms with van der Waals surface area (Å²) < 4.78 is 1.59. The quantitative estimate of drug-likeness (QED) is 0.807. The standard InChI is InChI=1S/C15H15N5OS/c1-9-6-12(4-5-14(9)20-8-16-18-19-20)17-15(21)13-7-10(2)22-11(13)3/h4-8H,1-3H3,(H,17,21). The topological polar surface area (TPSA) is 72.7 Å². The van der Waals surface area contributed by atoms with E-state index in [0.717, 1.165) is 32.3 Å². The first-order valence-corrected chi connectivity index (χ1v) is 7.58. The maximum atomic E-state index is 12.3. The molecule has 0 saturated heterocycles. The summed E-state index contributed by atoms with van der Waals surface area (Å²) in [6, 6.07) is 7.55. The monoisotopic (exact) mass is 313 g/mol. The third kappa shape index (κ3) is 2.75. The number of rotatable bonds is 3. The van der Waals surface area contributed by atoms with Crippen LogP contribution in [0.3, 0.4) is 0 Å². The Morgan fingerprint density at radius 1 is 1.23 bits per heavy atom. The first kappa shape index (κ1) is 14.4. The highest BCUT2D eigenvalue weighted by Gasteiger charge is 2.13. The van der Waals surface area contributed by atoms with Crippen molar-refractivity contribution in [3.8, 4) is 5.69 Å². The number of tetrazole rings is 1. The molecule has 7 heteroatoms. The van der Waals surface area contributed by atoms with Gasteiger partial charge in [-0.2, -0.15) is 0 Å². The number of benzene rings is 1. The molecule has 0 aliphatic heterocycles. The normalized spacial score (nSPS) is 10.7. The molecule has 0 radical (unpaired) electrons. The first-order chi connectivity index (χ1) is 10.5. The molecule has 112 valence electrons. The second-order valence-corrected chi connectivity index (χ2v) is 6.50. The average molecular weight is 313 g/mol. The van der Waals surface area contributed by atoms with Crippen molar-refractivity contribution in [2.75, 3.05) is 5.32 Å². The summed E-state index contributed by atoms with van der Waals surface area (Å²) >= 11 is 1.63. The molecule has 0 aliphatic carbocycles. The van der Waals surface area contributed by atoms with Gasteiger partial charge in [0.2, 0.25) is 0 Å². The van der Waals surface area contributed by atoms with Crippen molar-refractivity contribution < 1.29 is 4.79 Å². The van der Waals surface area contributed by atoms with E-state index in [1.54, 1.807) is 16.0 Å². The summed E-state index contributed by atoms with van der Waals surface area (Å²) in [6.07, 6.45) is 1.54. The van der Waals surface area contributed by atoms with Gasteiger partial charge in [-0.05, 0) is 61.0 Å². The second kappa shape index (κ2) is 5.69. The van der Waals surface area contributed by atoms with Crippen LogP contribution in [0, 0.1) is 20.8 Å². The van der Waals surface area contributed by atoms with Crippen LogP contribution in [-0.4, -0.2) is 26.1 Å². The van der Waals surface area contributed by atoms with Gasteiger partial charge in [0.05, 0.1) is 11.3 Å². The van der Waals surface area contributed by atoms with Gasteiger partial charge in [-0.25, -0.2) is 4.68 Å². The minimum absolute atomic E-state index is 0.0866. The number of carbonyl (C=O) groups excluding carboxylic acids is 1. The van der Waals surface area contributed by atoms with Crippen molar-refractivity contribution >= 4 is 22.9 Å². The van der Waals surface area contributed by atoms with Gasteiger partial charge in [0.15, 0.2) is 0 Å². The molecule has 3 aromatic rings. The van der Waals surface area contributed by atoms with E-state index in [1.165, 1.54) is 6.33 Å². The molecule has 1 aromatic carbocycles. The Morgan fingerprint density at radius 3 is 2.64 bits per heavy atom. The van der Waals surface area contributed by atoms with Crippen molar-refractivity contribution in [3.05, 3.63) is 51.5 Å². The van der Waals surface area contributed by atoms with Crippen LogP contribution in [0.4, 0.5) is 5.69 Å². The number of nitrogens with one attached hydrogen (secondary N) is 1. The molecule has 0 bridgehead atoms. The number of hydrogen-bond acceptors (Lipinski definition) is 5. The maximum Gasteiger partial charge on any atom is 0.256 e. The molecule has 2 heterocycles. The summed E-state index contributed by atoms with van der Waals surface area (Å²) in [5.41, 5.74) is 3.33. The number of aryl methyl sites for hydroxylation is 3. The molecule has 2 aromatic heterocycles. The van der Waals surface area contributed by atoms with Crippen LogP contribution in [0.25, 0.3) is 5.69 Å². The van der Waals surface area contributed by atoms with Crippen LogP contribution in [-0.2, 0) is 0 Å². The van der Waals surface area contributed by atoms with E-state index >= 15 is 0 Å². The minimum atomic E-state index is -0.0866. The van der Waals surface area contributed by atoms with Gasteiger partial charge < -0.3 is 5.32 Å². The van der Waals surface area contributed by atoms with Crippen LogP contribution in [0.15, 0.2) is 30.6 Å². The fourth-order valence-electron chi connectivity index (χ4n) is 2.32. The molecule has 0 spiro atoms. The lowest BCUT2D eigenvalue weighted by Crippen LogP contribution is -2.12. The summed E-state index contributed by atoms with van der Waals surface area (Å²) in [7, 11) is 0. The minimum Gasteiger partial charge on any atom is -0.322 e. The van der Waals surface area contributed by atoms with Crippen LogP contribution in [0.2, 0.25) is 0 Å². The highest BCUT2D eigenvalue weighted by atomic mass is 32.1. The van der Waals surface area contributed by atoms with Crippen molar-refractivity contribution in [2.24, 2.45) is 0 Å². The molecule has 22 heavy (non-hydrogen) atoms. The summed E-state index contributed by atoms with van der Waals surface area (Å²) in [6.45, 7) is 5.91. The Morgan fingerprint density at radius 2 is 2.05 bits per heavy atom. The van der Waals surface area contributed by atoms with Gasteiger partial charge in [0.1, 0.15) is 6.33 Å². The van der Waals surface area contributed by atoms with Crippen LogP contribution in [0.5, 0.6) is 0 Å². The highest BCUT2D eigenvalue weighted by molar-refractivity contribution is 7.12. The number of carbonyl (C=O) groups is 1. The van der Waals surface area contributed by atoms with E-state index in [-0.39, 0.29) is 5.91 Å². The lowest BCUT2D eigenvalue weighted by atomic mass is 10.1. The van der Waals surface area contributed by atoms with E-state index in [4.69, 9.17) is 0 Å². The van der Waals surface area contributed by atoms with Gasteiger partial charge in [-0.3, -0.25) is 4.79 Å². The molecule has 0 saturated carbocycles. The molecule has 0 atom stereocenters. The molecule has 1 N–H and O–H groups in total. The van der Waals surface area contributed by atoms with E-state index in [1.807, 2.05) is 45.0 Å². The van der Waals surface area contributed by atoms with Crippen molar-refractivity contribution in [2.45, 2.75) is 20.8 Å². The molecule has 0 fully saturated rings. The second-order valence-electron chi connectivity index (χ2n) is 5.04. The predicted molar refractivity (Wildman–Crippen MR) is 85.6 cm³/mol. The smallest absolute Gasteiger partial charge is 0.256 e. The summed E-state index contributed by atoms with van der Waals surface area (Å²) in [4.78, 5) is 14.5. The van der Waals surface area contributed by atoms with Gasteiger partial charge >= 0.3 is 0 Å². The van der Waals surface area contributed by atoms with E-state index in [9.17, 15) is 4.79 Å². The SMILES string of the molecule is Cc1cc(C(=O)Nc2ccc(-n3cnnn3)c(C)c2)c(C)s1. The van der Waals surface area contributed by atoms with Crippen LogP contribution >= 0.6 is 11.3 Å². The largest absolute Gasteiger partial charge is 0.322 e. The number of hydrogen-bond donors (Lipinski definition) is 1. The van der Waals surface area contributed by atoms with Gasteiger partial charge in [0, 0.05) is 15.4 Å². The molecular weight excluding hydrogens is 298 g/mol. The highest BCUT2D eigenvalue weighted by Crippen LogP contribution is 2.23. The van der Waals surface area contributed by atoms with Gasteiger partial charge in [0.25, 0.3) is 5.91 Å². The zero-order valence-corrected chi connectivity index (χ0v) is 13.3. The van der Waals surface area contributed by atoms with Crippen molar-refractivity contribution in [3.63, 3.8) is 0 Å². The molecule has 0 unspecified atom stereocenters. The fraction of sp³-hybridized carbons (Fsp3) is 0.200. The van der Waals surface area contributed by atoms with E-state index < -0.39 is 0 Å². The average Bonchev–Trinajstić information content (AvgIpc) is 3.08. The number of anilines is 1. The molecule has 6 nitrogen and oxygen atoms in total.